The maximum absolute atomic E-state index is 12.8. The maximum atomic E-state index is 12.8. The lowest BCUT2D eigenvalue weighted by Gasteiger charge is -2.33. The number of aryl methyl sites for hydroxylation is 1. The monoisotopic (exact) mass is 393 g/mol. The third kappa shape index (κ3) is 4.18. The lowest BCUT2D eigenvalue weighted by molar-refractivity contribution is -0.149. The van der Waals surface area contributed by atoms with Crippen LogP contribution in [0.1, 0.15) is 51.0 Å². The van der Waals surface area contributed by atoms with E-state index in [0.29, 0.717) is 18.8 Å². The van der Waals surface area contributed by atoms with Crippen LogP contribution in [0.5, 0.6) is 0 Å². The molecule has 6 nitrogen and oxygen atoms in total. The quantitative estimate of drug-likeness (QED) is 0.802. The summed E-state index contributed by atoms with van der Waals surface area (Å²) in [5.41, 5.74) is 0.879. The zero-order valence-corrected chi connectivity index (χ0v) is 16.5. The van der Waals surface area contributed by atoms with Crippen molar-refractivity contribution in [3.63, 3.8) is 0 Å². The van der Waals surface area contributed by atoms with Gasteiger partial charge in [0.2, 0.25) is 5.91 Å². The fourth-order valence-corrected chi connectivity index (χ4v) is 5.33. The number of hydrogen-bond donors (Lipinski definition) is 1. The first kappa shape index (κ1) is 19.9. The second-order valence-corrected chi connectivity index (χ2v) is 9.83. The van der Waals surface area contributed by atoms with Crippen LogP contribution in [-0.4, -0.2) is 48.1 Å². The maximum Gasteiger partial charge on any atom is 0.326 e. The van der Waals surface area contributed by atoms with E-state index in [-0.39, 0.29) is 29.0 Å². The van der Waals surface area contributed by atoms with Crippen LogP contribution in [0.4, 0.5) is 0 Å². The molecule has 2 fully saturated rings. The molecular formula is C20H27NO5S. The van der Waals surface area contributed by atoms with Crippen LogP contribution in [0, 0.1) is 5.92 Å². The Bertz CT molecular complexity index is 802. The fourth-order valence-electron chi connectivity index (χ4n) is 4.45. The minimum absolute atomic E-state index is 0.0545. The summed E-state index contributed by atoms with van der Waals surface area (Å²) in [6.45, 7) is 1.61. The first-order valence-electron chi connectivity index (χ1n) is 9.69. The molecule has 2 aliphatic rings. The Hall–Kier alpha value is -1.89. The van der Waals surface area contributed by atoms with Gasteiger partial charge in [0.1, 0.15) is 6.04 Å². The molecule has 1 amide bonds. The normalized spacial score (nSPS) is 25.2. The van der Waals surface area contributed by atoms with Crippen LogP contribution in [0.15, 0.2) is 29.2 Å². The van der Waals surface area contributed by atoms with E-state index in [1.807, 2.05) is 0 Å². The molecule has 1 aliphatic carbocycles. The Morgan fingerprint density at radius 2 is 1.81 bits per heavy atom. The number of fused-ring (bicyclic) bond motifs is 1. The zero-order chi connectivity index (χ0) is 19.6. The topological polar surface area (TPSA) is 91.8 Å². The van der Waals surface area contributed by atoms with Gasteiger partial charge in [-0.2, -0.15) is 0 Å². The number of rotatable bonds is 6. The largest absolute Gasteiger partial charge is 0.480 e. The Morgan fingerprint density at radius 1 is 1.15 bits per heavy atom. The van der Waals surface area contributed by atoms with Crippen LogP contribution < -0.4 is 0 Å². The molecule has 3 rings (SSSR count). The lowest BCUT2D eigenvalue weighted by Crippen LogP contribution is -2.46. The minimum Gasteiger partial charge on any atom is -0.480 e. The lowest BCUT2D eigenvalue weighted by atomic mass is 9.84. The van der Waals surface area contributed by atoms with Crippen LogP contribution >= 0.6 is 0 Å². The number of carbonyl (C=O) groups is 2. The van der Waals surface area contributed by atoms with Gasteiger partial charge in [0.15, 0.2) is 9.84 Å². The molecule has 27 heavy (non-hydrogen) atoms. The first-order chi connectivity index (χ1) is 12.8. The molecule has 1 aromatic carbocycles. The number of likely N-dealkylation sites (tertiary alicyclic amines) is 1. The van der Waals surface area contributed by atoms with E-state index in [1.54, 1.807) is 36.1 Å². The van der Waals surface area contributed by atoms with Gasteiger partial charge in [-0.25, -0.2) is 13.2 Å². The number of carbonyl (C=O) groups excluding carboxylic acids is 1. The second-order valence-electron chi connectivity index (χ2n) is 7.55. The number of nitrogens with zero attached hydrogens (tertiary/aromatic N) is 1. The van der Waals surface area contributed by atoms with Crippen molar-refractivity contribution in [1.29, 1.82) is 0 Å². The molecule has 1 N–H and O–H groups in total. The Kier molecular flexibility index (Phi) is 5.89. The van der Waals surface area contributed by atoms with Crippen molar-refractivity contribution in [2.75, 3.05) is 5.75 Å². The van der Waals surface area contributed by atoms with Crippen LogP contribution in [0.3, 0.4) is 0 Å². The van der Waals surface area contributed by atoms with E-state index in [2.05, 4.69) is 0 Å². The molecule has 148 valence electrons. The molecule has 1 aliphatic heterocycles. The predicted octanol–water partition coefficient (Wildman–Crippen LogP) is 2.66. The first-order valence-corrected chi connectivity index (χ1v) is 11.3. The van der Waals surface area contributed by atoms with Crippen molar-refractivity contribution in [2.24, 2.45) is 5.92 Å². The van der Waals surface area contributed by atoms with Crippen LogP contribution in [0.25, 0.3) is 0 Å². The summed E-state index contributed by atoms with van der Waals surface area (Å²) in [6, 6.07) is 5.97. The molecule has 1 aromatic rings. The number of aliphatic carboxylic acids is 1. The Balaban J connectivity index is 1.66. The highest BCUT2D eigenvalue weighted by Crippen LogP contribution is 2.40. The number of benzene rings is 1. The van der Waals surface area contributed by atoms with Gasteiger partial charge in [-0.15, -0.1) is 0 Å². The van der Waals surface area contributed by atoms with Crippen LogP contribution in [-0.2, 0) is 25.8 Å². The Labute approximate surface area is 160 Å². The molecule has 0 bridgehead atoms. The summed E-state index contributed by atoms with van der Waals surface area (Å²) in [7, 11) is -3.23. The van der Waals surface area contributed by atoms with E-state index in [0.717, 1.165) is 31.2 Å². The summed E-state index contributed by atoms with van der Waals surface area (Å²) in [5.74, 6) is -0.657. The molecule has 3 unspecified atom stereocenters. The molecule has 7 heteroatoms. The van der Waals surface area contributed by atoms with Crippen molar-refractivity contribution in [1.82, 2.24) is 4.90 Å². The van der Waals surface area contributed by atoms with Crippen LogP contribution in [0.2, 0.25) is 0 Å². The summed E-state index contributed by atoms with van der Waals surface area (Å²) >= 11 is 0. The van der Waals surface area contributed by atoms with E-state index in [9.17, 15) is 23.1 Å². The molecule has 0 radical (unpaired) electrons. The average molecular weight is 394 g/mol. The molecular weight excluding hydrogens is 366 g/mol. The number of sulfone groups is 1. The highest BCUT2D eigenvalue weighted by Gasteiger charge is 2.47. The molecule has 0 aromatic heterocycles. The molecule has 1 saturated carbocycles. The van der Waals surface area contributed by atoms with Gasteiger partial charge in [-0.05, 0) is 49.3 Å². The highest BCUT2D eigenvalue weighted by atomic mass is 32.2. The molecule has 1 heterocycles. The van der Waals surface area contributed by atoms with E-state index < -0.39 is 21.8 Å². The summed E-state index contributed by atoms with van der Waals surface area (Å²) in [6.07, 6.45) is 5.34. The highest BCUT2D eigenvalue weighted by molar-refractivity contribution is 7.91. The third-order valence-electron chi connectivity index (χ3n) is 5.95. The SMILES string of the molecule is CCS(=O)(=O)c1ccc(CCC(=O)N2C(C(=O)O)CC3CCCCC32)cc1. The zero-order valence-electron chi connectivity index (χ0n) is 15.6. The summed E-state index contributed by atoms with van der Waals surface area (Å²) in [4.78, 5) is 26.4. The standard InChI is InChI=1S/C20H27NO5S/c1-2-27(25,26)16-10-7-14(8-11-16)9-12-19(22)21-17-6-4-3-5-15(17)13-18(21)20(23)24/h7-8,10-11,15,17-18H,2-6,9,12-13H2,1H3,(H,23,24). The van der Waals surface area contributed by atoms with E-state index >= 15 is 0 Å². The van der Waals surface area contributed by atoms with E-state index in [4.69, 9.17) is 0 Å². The second kappa shape index (κ2) is 8.00. The van der Waals surface area contributed by atoms with E-state index in [1.165, 1.54) is 0 Å². The molecule has 1 saturated heterocycles. The third-order valence-corrected chi connectivity index (χ3v) is 7.70. The van der Waals surface area contributed by atoms with Gasteiger partial charge in [-0.3, -0.25) is 4.79 Å². The van der Waals surface area contributed by atoms with Gasteiger partial charge in [-0.1, -0.05) is 31.9 Å². The van der Waals surface area contributed by atoms with Crippen molar-refractivity contribution in [3.8, 4) is 0 Å². The average Bonchev–Trinajstić information content (AvgIpc) is 3.06. The number of carboxylic acids is 1. The predicted molar refractivity (Wildman–Crippen MR) is 101 cm³/mol. The number of amides is 1. The minimum atomic E-state index is -3.23. The molecule has 3 atom stereocenters. The summed E-state index contributed by atoms with van der Waals surface area (Å²) in [5, 5.41) is 9.54. The van der Waals surface area contributed by atoms with Crippen molar-refractivity contribution in [3.05, 3.63) is 29.8 Å². The van der Waals surface area contributed by atoms with Gasteiger partial charge < -0.3 is 10.0 Å². The summed E-state index contributed by atoms with van der Waals surface area (Å²) < 4.78 is 23.7. The Morgan fingerprint density at radius 3 is 2.44 bits per heavy atom. The van der Waals surface area contributed by atoms with Gasteiger partial charge >= 0.3 is 5.97 Å². The van der Waals surface area contributed by atoms with Gasteiger partial charge in [0.25, 0.3) is 0 Å². The van der Waals surface area contributed by atoms with Crippen molar-refractivity contribution in [2.45, 2.75) is 68.8 Å². The number of carboxylic acid groups (broad SMARTS) is 1. The van der Waals surface area contributed by atoms with Crippen molar-refractivity contribution < 1.29 is 23.1 Å². The number of hydrogen-bond acceptors (Lipinski definition) is 4. The molecule has 0 spiro atoms. The van der Waals surface area contributed by atoms with Gasteiger partial charge in [0.05, 0.1) is 10.6 Å². The smallest absolute Gasteiger partial charge is 0.326 e. The van der Waals surface area contributed by atoms with Crippen molar-refractivity contribution >= 4 is 21.7 Å². The van der Waals surface area contributed by atoms with Gasteiger partial charge in [0, 0.05) is 12.5 Å². The fraction of sp³-hybridized carbons (Fsp3) is 0.600.